The molecule has 0 atom stereocenters. The van der Waals surface area contributed by atoms with E-state index in [1.165, 1.54) is 5.56 Å². The van der Waals surface area contributed by atoms with Crippen LogP contribution in [0.2, 0.25) is 5.02 Å². The Morgan fingerprint density at radius 3 is 2.44 bits per heavy atom. The molecule has 4 nitrogen and oxygen atoms in total. The lowest BCUT2D eigenvalue weighted by Gasteiger charge is -2.22. The summed E-state index contributed by atoms with van der Waals surface area (Å²) in [5.41, 5.74) is 2.38. The molecular weight excluding hydrogens is 334 g/mol. The summed E-state index contributed by atoms with van der Waals surface area (Å²) in [7, 11) is 0. The van der Waals surface area contributed by atoms with Gasteiger partial charge in [0.05, 0.1) is 0 Å². The van der Waals surface area contributed by atoms with Gasteiger partial charge in [-0.2, -0.15) is 0 Å². The van der Waals surface area contributed by atoms with Crippen LogP contribution in [0.4, 0.5) is 4.79 Å². The van der Waals surface area contributed by atoms with Gasteiger partial charge in [0.2, 0.25) is 0 Å². The molecule has 0 aromatic heterocycles. The predicted octanol–water partition coefficient (Wildman–Crippen LogP) is 3.76. The number of carbonyl (C=O) groups excluding carboxylic acids is 1. The van der Waals surface area contributed by atoms with Crippen molar-refractivity contribution in [3.05, 3.63) is 70.7 Å². The van der Waals surface area contributed by atoms with Gasteiger partial charge in [0.15, 0.2) is 0 Å². The van der Waals surface area contributed by atoms with Crippen LogP contribution >= 0.6 is 11.6 Å². The van der Waals surface area contributed by atoms with Crippen molar-refractivity contribution >= 4 is 17.6 Å². The summed E-state index contributed by atoms with van der Waals surface area (Å²) in [6.07, 6.45) is 0.992. The summed E-state index contributed by atoms with van der Waals surface area (Å²) in [6, 6.07) is 18.0. The zero-order chi connectivity index (χ0) is 17.5. The number of nitrogens with one attached hydrogen (secondary N) is 1. The van der Waals surface area contributed by atoms with Crippen molar-refractivity contribution in [2.75, 3.05) is 26.2 Å². The number of rotatable bonds is 4. The van der Waals surface area contributed by atoms with E-state index in [-0.39, 0.29) is 6.03 Å². The molecule has 3 rings (SSSR count). The second-order valence-electron chi connectivity index (χ2n) is 6.39. The van der Waals surface area contributed by atoms with E-state index >= 15 is 0 Å². The quantitative estimate of drug-likeness (QED) is 0.904. The van der Waals surface area contributed by atoms with Gasteiger partial charge in [0, 0.05) is 44.3 Å². The lowest BCUT2D eigenvalue weighted by atomic mass is 10.2. The standard InChI is InChI=1S/C20H24ClN3O/c21-19-9-7-18(8-10-19)16-23-11-4-12-24(14-13-23)20(25)22-15-17-5-2-1-3-6-17/h1-3,5-10H,4,11-16H2,(H,22,25). The highest BCUT2D eigenvalue weighted by Gasteiger charge is 2.18. The number of benzene rings is 2. The average Bonchev–Trinajstić information content (AvgIpc) is 2.88. The van der Waals surface area contributed by atoms with Crippen molar-refractivity contribution < 1.29 is 4.79 Å². The summed E-state index contributed by atoms with van der Waals surface area (Å²) >= 11 is 5.94. The minimum Gasteiger partial charge on any atom is -0.334 e. The maximum Gasteiger partial charge on any atom is 0.317 e. The van der Waals surface area contributed by atoms with Crippen LogP contribution in [0, 0.1) is 0 Å². The molecule has 0 aliphatic carbocycles. The number of carbonyl (C=O) groups is 1. The summed E-state index contributed by atoms with van der Waals surface area (Å²) < 4.78 is 0. The second-order valence-corrected chi connectivity index (χ2v) is 6.82. The maximum absolute atomic E-state index is 12.4. The monoisotopic (exact) mass is 357 g/mol. The number of nitrogens with zero attached hydrogens (tertiary/aromatic N) is 2. The molecule has 5 heteroatoms. The summed E-state index contributed by atoms with van der Waals surface area (Å²) in [4.78, 5) is 16.7. The zero-order valence-electron chi connectivity index (χ0n) is 14.3. The van der Waals surface area contributed by atoms with Crippen LogP contribution in [0.3, 0.4) is 0 Å². The molecular formula is C20H24ClN3O. The van der Waals surface area contributed by atoms with Crippen molar-refractivity contribution in [3.63, 3.8) is 0 Å². The van der Waals surface area contributed by atoms with Crippen LogP contribution in [0.5, 0.6) is 0 Å². The van der Waals surface area contributed by atoms with E-state index in [4.69, 9.17) is 11.6 Å². The van der Waals surface area contributed by atoms with E-state index in [2.05, 4.69) is 22.3 Å². The number of halogens is 1. The fourth-order valence-corrected chi connectivity index (χ4v) is 3.19. The summed E-state index contributed by atoms with van der Waals surface area (Å²) in [5.74, 6) is 0. The van der Waals surface area contributed by atoms with Gasteiger partial charge in [-0.25, -0.2) is 4.79 Å². The van der Waals surface area contributed by atoms with Gasteiger partial charge in [-0.1, -0.05) is 54.1 Å². The first-order valence-corrected chi connectivity index (χ1v) is 9.12. The van der Waals surface area contributed by atoms with Gasteiger partial charge < -0.3 is 10.2 Å². The van der Waals surface area contributed by atoms with Gasteiger partial charge in [0.1, 0.15) is 0 Å². The number of amides is 2. The Morgan fingerprint density at radius 2 is 1.68 bits per heavy atom. The average molecular weight is 358 g/mol. The molecule has 1 N–H and O–H groups in total. The molecule has 1 heterocycles. The molecule has 0 bridgehead atoms. The number of urea groups is 1. The first kappa shape index (κ1) is 17.8. The van der Waals surface area contributed by atoms with Crippen molar-refractivity contribution in [2.24, 2.45) is 0 Å². The molecule has 0 radical (unpaired) electrons. The molecule has 0 spiro atoms. The van der Waals surface area contributed by atoms with Crippen LogP contribution in [0.25, 0.3) is 0 Å². The lowest BCUT2D eigenvalue weighted by molar-refractivity contribution is 0.197. The predicted molar refractivity (Wildman–Crippen MR) is 102 cm³/mol. The molecule has 1 fully saturated rings. The minimum absolute atomic E-state index is 0.0252. The van der Waals surface area contributed by atoms with Crippen molar-refractivity contribution in [3.8, 4) is 0 Å². The van der Waals surface area contributed by atoms with Crippen molar-refractivity contribution in [2.45, 2.75) is 19.5 Å². The Balaban J connectivity index is 1.47. The van der Waals surface area contributed by atoms with Crippen LogP contribution in [0.15, 0.2) is 54.6 Å². The van der Waals surface area contributed by atoms with Gasteiger partial charge in [-0.3, -0.25) is 4.90 Å². The van der Waals surface area contributed by atoms with E-state index < -0.39 is 0 Å². The van der Waals surface area contributed by atoms with Gasteiger partial charge in [-0.05, 0) is 29.7 Å². The molecule has 0 saturated carbocycles. The minimum atomic E-state index is 0.0252. The molecule has 2 aromatic rings. The fraction of sp³-hybridized carbons (Fsp3) is 0.350. The Hall–Kier alpha value is -2.04. The summed E-state index contributed by atoms with van der Waals surface area (Å²) in [5, 5.41) is 3.79. The largest absolute Gasteiger partial charge is 0.334 e. The van der Waals surface area contributed by atoms with E-state index in [1.54, 1.807) is 0 Å². The van der Waals surface area contributed by atoms with Gasteiger partial charge in [-0.15, -0.1) is 0 Å². The van der Waals surface area contributed by atoms with E-state index in [0.29, 0.717) is 6.54 Å². The summed E-state index contributed by atoms with van der Waals surface area (Å²) in [6.45, 7) is 4.93. The SMILES string of the molecule is O=C(NCc1ccccc1)N1CCCN(Cc2ccc(Cl)cc2)CC1. The Kier molecular flexibility index (Phi) is 6.31. The van der Waals surface area contributed by atoms with Crippen LogP contribution in [-0.4, -0.2) is 42.0 Å². The van der Waals surface area contributed by atoms with Gasteiger partial charge in [0.25, 0.3) is 0 Å². The Morgan fingerprint density at radius 1 is 0.920 bits per heavy atom. The Labute approximate surface area is 154 Å². The second kappa shape index (κ2) is 8.88. The third kappa shape index (κ3) is 5.48. The normalized spacial score (nSPS) is 15.6. The zero-order valence-corrected chi connectivity index (χ0v) is 15.1. The van der Waals surface area contributed by atoms with E-state index in [9.17, 15) is 4.79 Å². The van der Waals surface area contributed by atoms with Gasteiger partial charge >= 0.3 is 6.03 Å². The topological polar surface area (TPSA) is 35.6 Å². The molecule has 132 valence electrons. The molecule has 0 unspecified atom stereocenters. The third-order valence-electron chi connectivity index (χ3n) is 4.48. The highest BCUT2D eigenvalue weighted by atomic mass is 35.5. The molecule has 1 saturated heterocycles. The highest BCUT2D eigenvalue weighted by Crippen LogP contribution is 2.13. The van der Waals surface area contributed by atoms with E-state index in [1.807, 2.05) is 47.4 Å². The molecule has 1 aliphatic rings. The van der Waals surface area contributed by atoms with Crippen LogP contribution < -0.4 is 5.32 Å². The van der Waals surface area contributed by atoms with Crippen LogP contribution in [-0.2, 0) is 13.1 Å². The van der Waals surface area contributed by atoms with E-state index in [0.717, 1.165) is 49.7 Å². The van der Waals surface area contributed by atoms with Crippen LogP contribution in [0.1, 0.15) is 17.5 Å². The van der Waals surface area contributed by atoms with Crippen molar-refractivity contribution in [1.29, 1.82) is 0 Å². The highest BCUT2D eigenvalue weighted by molar-refractivity contribution is 6.30. The lowest BCUT2D eigenvalue weighted by Crippen LogP contribution is -2.41. The Bertz CT molecular complexity index is 675. The fourth-order valence-electron chi connectivity index (χ4n) is 3.07. The van der Waals surface area contributed by atoms with Crippen molar-refractivity contribution in [1.82, 2.24) is 15.1 Å². The maximum atomic E-state index is 12.4. The molecule has 2 amide bonds. The molecule has 2 aromatic carbocycles. The first-order chi connectivity index (χ1) is 12.2. The number of hydrogen-bond donors (Lipinski definition) is 1. The third-order valence-corrected chi connectivity index (χ3v) is 4.73. The smallest absolute Gasteiger partial charge is 0.317 e. The first-order valence-electron chi connectivity index (χ1n) is 8.74. The molecule has 1 aliphatic heterocycles. The molecule has 25 heavy (non-hydrogen) atoms. The number of hydrogen-bond acceptors (Lipinski definition) is 2.